The first kappa shape index (κ1) is 20.2. The van der Waals surface area contributed by atoms with Crippen molar-refractivity contribution < 1.29 is 14.3 Å². The fourth-order valence-electron chi connectivity index (χ4n) is 4.14. The number of fused-ring (bicyclic) bond motifs is 1. The van der Waals surface area contributed by atoms with Crippen molar-refractivity contribution in [3.8, 4) is 0 Å². The van der Waals surface area contributed by atoms with Crippen molar-refractivity contribution in [3.05, 3.63) is 59.1 Å². The summed E-state index contributed by atoms with van der Waals surface area (Å²) < 4.78 is 13.1. The van der Waals surface area contributed by atoms with Gasteiger partial charge in [0.15, 0.2) is 0 Å². The summed E-state index contributed by atoms with van der Waals surface area (Å²) in [6.07, 6.45) is 2.66. The zero-order chi connectivity index (χ0) is 20.6. The minimum Gasteiger partial charge on any atom is -0.480 e. The van der Waals surface area contributed by atoms with Crippen molar-refractivity contribution >= 4 is 39.1 Å². The predicted octanol–water partition coefficient (Wildman–Crippen LogP) is 4.35. The van der Waals surface area contributed by atoms with Gasteiger partial charge < -0.3 is 10.4 Å². The number of hydrogen-bond donors (Lipinski definition) is 2. The van der Waals surface area contributed by atoms with Gasteiger partial charge in [-0.1, -0.05) is 19.1 Å². The second-order valence-electron chi connectivity index (χ2n) is 7.54. The summed E-state index contributed by atoms with van der Waals surface area (Å²) in [5, 5.41) is 16.0. The lowest BCUT2D eigenvalue weighted by Gasteiger charge is -2.44. The van der Waals surface area contributed by atoms with Crippen LogP contribution in [0, 0.1) is 11.7 Å². The quantitative estimate of drug-likeness (QED) is 0.585. The van der Waals surface area contributed by atoms with Crippen LogP contribution in [0.4, 0.5) is 4.39 Å². The number of hydrogen-bond acceptors (Lipinski definition) is 5. The molecule has 29 heavy (non-hydrogen) atoms. The molecule has 1 fully saturated rings. The molecule has 0 saturated heterocycles. The molecule has 1 aliphatic rings. The standard InChI is InChI=1S/C21H21ClFN3O2S/c1-12-17(22)16(24-10-13-2-4-15(23)5-3-13)6-8-21(12,20(27)28)19-25-11-14-7-9-29-18(14)26-19/h2-5,7,9,11-12,16-17,24H,6,8,10H2,1H3,(H,27,28). The van der Waals surface area contributed by atoms with E-state index in [2.05, 4.69) is 15.3 Å². The highest BCUT2D eigenvalue weighted by Gasteiger charge is 2.54. The van der Waals surface area contributed by atoms with Gasteiger partial charge in [-0.25, -0.2) is 14.4 Å². The number of nitrogens with zero attached hydrogens (tertiary/aromatic N) is 2. The van der Waals surface area contributed by atoms with E-state index < -0.39 is 16.8 Å². The van der Waals surface area contributed by atoms with Crippen molar-refractivity contribution in [3.63, 3.8) is 0 Å². The minimum atomic E-state index is -1.22. The molecule has 0 radical (unpaired) electrons. The van der Waals surface area contributed by atoms with Gasteiger partial charge in [-0.05, 0) is 47.9 Å². The summed E-state index contributed by atoms with van der Waals surface area (Å²) >= 11 is 8.23. The average molecular weight is 434 g/mol. The van der Waals surface area contributed by atoms with Gasteiger partial charge in [-0.2, -0.15) is 0 Å². The van der Waals surface area contributed by atoms with Crippen molar-refractivity contribution in [1.82, 2.24) is 15.3 Å². The molecule has 4 rings (SSSR count). The van der Waals surface area contributed by atoms with Gasteiger partial charge in [0, 0.05) is 24.2 Å². The third kappa shape index (κ3) is 3.63. The van der Waals surface area contributed by atoms with Crippen LogP contribution in [0.3, 0.4) is 0 Å². The summed E-state index contributed by atoms with van der Waals surface area (Å²) in [4.78, 5) is 22.2. The van der Waals surface area contributed by atoms with Crippen LogP contribution in [-0.2, 0) is 16.8 Å². The van der Waals surface area contributed by atoms with E-state index in [4.69, 9.17) is 11.6 Å². The Hall–Kier alpha value is -2.09. The SMILES string of the molecule is CC1C(Cl)C(NCc2ccc(F)cc2)CCC1(C(=O)O)c1ncc2ccsc2n1. The summed E-state index contributed by atoms with van der Waals surface area (Å²) in [5.41, 5.74) is -0.275. The third-order valence-electron chi connectivity index (χ3n) is 5.96. The molecule has 2 heterocycles. The summed E-state index contributed by atoms with van der Waals surface area (Å²) in [6.45, 7) is 2.40. The van der Waals surface area contributed by atoms with Crippen LogP contribution >= 0.6 is 22.9 Å². The number of nitrogens with one attached hydrogen (secondary N) is 1. The van der Waals surface area contributed by atoms with E-state index in [0.29, 0.717) is 25.2 Å². The molecule has 1 aliphatic carbocycles. The van der Waals surface area contributed by atoms with Crippen LogP contribution in [0.2, 0.25) is 0 Å². The van der Waals surface area contributed by atoms with Crippen LogP contribution in [0.15, 0.2) is 41.9 Å². The number of carboxylic acids is 1. The van der Waals surface area contributed by atoms with Crippen molar-refractivity contribution in [2.45, 2.75) is 43.1 Å². The van der Waals surface area contributed by atoms with Gasteiger partial charge in [-0.3, -0.25) is 4.79 Å². The monoisotopic (exact) mass is 433 g/mol. The fourth-order valence-corrected chi connectivity index (χ4v) is 5.31. The first-order chi connectivity index (χ1) is 13.9. The molecular formula is C21H21ClFN3O2S. The molecule has 2 aromatic heterocycles. The number of carboxylic acid groups (broad SMARTS) is 1. The summed E-state index contributed by atoms with van der Waals surface area (Å²) in [5.74, 6) is -1.26. The van der Waals surface area contributed by atoms with E-state index in [0.717, 1.165) is 15.8 Å². The maximum absolute atomic E-state index is 13.1. The van der Waals surface area contributed by atoms with Gasteiger partial charge >= 0.3 is 5.97 Å². The van der Waals surface area contributed by atoms with E-state index >= 15 is 0 Å². The van der Waals surface area contributed by atoms with Gasteiger partial charge in [0.25, 0.3) is 0 Å². The first-order valence-electron chi connectivity index (χ1n) is 9.48. The molecule has 0 amide bonds. The summed E-state index contributed by atoms with van der Waals surface area (Å²) in [6, 6.07) is 8.15. The molecule has 8 heteroatoms. The van der Waals surface area contributed by atoms with Crippen LogP contribution in [0.25, 0.3) is 10.2 Å². The maximum atomic E-state index is 13.1. The van der Waals surface area contributed by atoms with Crippen LogP contribution in [0.5, 0.6) is 0 Å². The lowest BCUT2D eigenvalue weighted by molar-refractivity contribution is -0.148. The number of benzene rings is 1. The molecule has 2 N–H and O–H groups in total. The minimum absolute atomic E-state index is 0.0605. The second kappa shape index (κ2) is 7.97. The highest BCUT2D eigenvalue weighted by atomic mass is 35.5. The lowest BCUT2D eigenvalue weighted by atomic mass is 9.64. The van der Waals surface area contributed by atoms with E-state index in [1.54, 1.807) is 18.3 Å². The topological polar surface area (TPSA) is 75.1 Å². The number of rotatable bonds is 5. The molecule has 1 aromatic carbocycles. The van der Waals surface area contributed by atoms with Crippen molar-refractivity contribution in [1.29, 1.82) is 0 Å². The normalized spacial score (nSPS) is 27.2. The van der Waals surface area contributed by atoms with Crippen LogP contribution in [0.1, 0.15) is 31.2 Å². The molecule has 152 valence electrons. The van der Waals surface area contributed by atoms with E-state index in [-0.39, 0.29) is 17.8 Å². The molecular weight excluding hydrogens is 413 g/mol. The number of halogens is 2. The van der Waals surface area contributed by atoms with Gasteiger partial charge in [0.05, 0.1) is 5.38 Å². The predicted molar refractivity (Wildman–Crippen MR) is 112 cm³/mol. The fraction of sp³-hybridized carbons (Fsp3) is 0.381. The van der Waals surface area contributed by atoms with Crippen molar-refractivity contribution in [2.75, 3.05) is 0 Å². The zero-order valence-corrected chi connectivity index (χ0v) is 17.4. The smallest absolute Gasteiger partial charge is 0.317 e. The Morgan fingerprint density at radius 1 is 1.38 bits per heavy atom. The molecule has 0 spiro atoms. The molecule has 1 saturated carbocycles. The Bertz CT molecular complexity index is 1030. The number of carbonyl (C=O) groups is 1. The maximum Gasteiger partial charge on any atom is 0.317 e. The third-order valence-corrected chi connectivity index (χ3v) is 7.46. The van der Waals surface area contributed by atoms with E-state index in [1.807, 2.05) is 18.4 Å². The largest absolute Gasteiger partial charge is 0.480 e. The molecule has 0 aliphatic heterocycles. The molecule has 4 atom stereocenters. The Labute approximate surface area is 177 Å². The Kier molecular flexibility index (Phi) is 5.55. The van der Waals surface area contributed by atoms with Crippen molar-refractivity contribution in [2.24, 2.45) is 5.92 Å². The first-order valence-corrected chi connectivity index (χ1v) is 10.8. The Balaban J connectivity index is 1.56. The van der Waals surface area contributed by atoms with Gasteiger partial charge in [-0.15, -0.1) is 22.9 Å². The number of thiophene rings is 1. The highest BCUT2D eigenvalue weighted by molar-refractivity contribution is 7.16. The Morgan fingerprint density at radius 2 is 2.14 bits per heavy atom. The average Bonchev–Trinajstić information content (AvgIpc) is 3.18. The van der Waals surface area contributed by atoms with Crippen LogP contribution < -0.4 is 5.32 Å². The number of aliphatic carboxylic acids is 1. The molecule has 4 unspecified atom stereocenters. The van der Waals surface area contributed by atoms with Gasteiger partial charge in [0.1, 0.15) is 21.9 Å². The lowest BCUT2D eigenvalue weighted by Crippen LogP contribution is -2.56. The van der Waals surface area contributed by atoms with Crippen LogP contribution in [-0.4, -0.2) is 32.5 Å². The summed E-state index contributed by atoms with van der Waals surface area (Å²) in [7, 11) is 0. The zero-order valence-electron chi connectivity index (χ0n) is 15.8. The highest BCUT2D eigenvalue weighted by Crippen LogP contribution is 2.45. The van der Waals surface area contributed by atoms with Gasteiger partial charge in [0.2, 0.25) is 0 Å². The Morgan fingerprint density at radius 3 is 2.86 bits per heavy atom. The molecule has 3 aromatic rings. The number of alkyl halides is 1. The second-order valence-corrected chi connectivity index (χ2v) is 8.94. The van der Waals surface area contributed by atoms with E-state index in [1.165, 1.54) is 23.5 Å². The molecule has 0 bridgehead atoms. The number of aromatic nitrogens is 2. The molecule has 5 nitrogen and oxygen atoms in total. The van der Waals surface area contributed by atoms with E-state index in [9.17, 15) is 14.3 Å².